The lowest BCUT2D eigenvalue weighted by molar-refractivity contribution is -0.137. The van der Waals surface area contributed by atoms with Crippen molar-refractivity contribution in [3.63, 3.8) is 0 Å². The van der Waals surface area contributed by atoms with E-state index in [0.29, 0.717) is 5.69 Å². The van der Waals surface area contributed by atoms with Gasteiger partial charge in [0.15, 0.2) is 17.5 Å². The molecule has 0 fully saturated rings. The quantitative estimate of drug-likeness (QED) is 0.333. The van der Waals surface area contributed by atoms with Crippen molar-refractivity contribution < 1.29 is 31.4 Å². The topological polar surface area (TPSA) is 69.0 Å². The Labute approximate surface area is 197 Å². The largest absolute Gasteiger partial charge is 0.491 e. The average Bonchev–Trinajstić information content (AvgIpc) is 3.29. The zero-order chi connectivity index (χ0) is 25.0. The number of hydrogen-bond donors (Lipinski definition) is 0. The van der Waals surface area contributed by atoms with Gasteiger partial charge in [-0.1, -0.05) is 6.07 Å². The first kappa shape index (κ1) is 24.4. The van der Waals surface area contributed by atoms with Crippen molar-refractivity contribution >= 4 is 12.1 Å². The zero-order valence-corrected chi connectivity index (χ0v) is 18.4. The van der Waals surface area contributed by atoms with Gasteiger partial charge in [-0.05, 0) is 42.5 Å². The normalized spacial score (nSPS) is 15.4. The Morgan fingerprint density at radius 2 is 1.77 bits per heavy atom. The fraction of sp³-hybridized carbons (Fsp3) is 0.250. The molecule has 4 rings (SSSR count). The van der Waals surface area contributed by atoms with Crippen LogP contribution >= 0.6 is 0 Å². The van der Waals surface area contributed by atoms with Crippen molar-refractivity contribution in [2.45, 2.75) is 18.6 Å². The Balaban J connectivity index is 1.51. The molecule has 1 aliphatic heterocycles. The summed E-state index contributed by atoms with van der Waals surface area (Å²) in [6.07, 6.45) is -2.93. The second kappa shape index (κ2) is 10.3. The number of aromatic nitrogens is 2. The van der Waals surface area contributed by atoms with Crippen LogP contribution in [-0.4, -0.2) is 48.6 Å². The van der Waals surface area contributed by atoms with Gasteiger partial charge in [0.1, 0.15) is 12.4 Å². The molecule has 11 heteroatoms. The number of ether oxygens (including phenoxy) is 2. The molecule has 1 aromatic heterocycles. The molecule has 0 N–H and O–H groups in total. The smallest absolute Gasteiger partial charge is 0.417 e. The van der Waals surface area contributed by atoms with Crippen LogP contribution in [0.4, 0.5) is 22.0 Å². The molecule has 2 heterocycles. The molecule has 0 saturated heterocycles. The molecule has 1 aliphatic rings. The summed E-state index contributed by atoms with van der Waals surface area (Å²) in [4.78, 5) is 8.32. The lowest BCUT2D eigenvalue weighted by atomic mass is 10.0. The van der Waals surface area contributed by atoms with E-state index in [2.05, 4.69) is 20.2 Å². The Kier molecular flexibility index (Phi) is 7.15. The van der Waals surface area contributed by atoms with Crippen LogP contribution < -0.4 is 4.74 Å². The molecule has 2 aromatic carbocycles. The Morgan fingerprint density at radius 3 is 2.49 bits per heavy atom. The van der Waals surface area contributed by atoms with Gasteiger partial charge < -0.3 is 9.47 Å². The van der Waals surface area contributed by atoms with Gasteiger partial charge in [-0.15, -0.1) is 0 Å². The third-order valence-corrected chi connectivity index (χ3v) is 5.12. The number of benzene rings is 2. The molecule has 6 nitrogen and oxygen atoms in total. The fourth-order valence-electron chi connectivity index (χ4n) is 3.43. The molecule has 3 aromatic rings. The molecule has 1 unspecified atom stereocenters. The molecule has 35 heavy (non-hydrogen) atoms. The third-order valence-electron chi connectivity index (χ3n) is 5.12. The maximum atomic E-state index is 14.0. The van der Waals surface area contributed by atoms with Gasteiger partial charge in [0.2, 0.25) is 0 Å². The van der Waals surface area contributed by atoms with Gasteiger partial charge in [-0.2, -0.15) is 23.4 Å². The van der Waals surface area contributed by atoms with E-state index in [1.807, 2.05) is 0 Å². The van der Waals surface area contributed by atoms with E-state index in [9.17, 15) is 22.0 Å². The van der Waals surface area contributed by atoms with Crippen LogP contribution in [0.1, 0.15) is 16.8 Å². The van der Waals surface area contributed by atoms with Crippen LogP contribution in [0.3, 0.4) is 0 Å². The summed E-state index contributed by atoms with van der Waals surface area (Å²) in [7, 11) is 1.46. The Bertz CT molecular complexity index is 1260. The Morgan fingerprint density at radius 1 is 0.943 bits per heavy atom. The SMILES string of the molecule is COCCOc1ccc(-c2ccc(CC3C=NC(c4cccc(F)c4F)=N3)nn2)c(C(F)(F)F)c1. The summed E-state index contributed by atoms with van der Waals surface area (Å²) in [6.45, 7) is 0.354. The van der Waals surface area contributed by atoms with E-state index in [1.165, 1.54) is 49.7 Å². The van der Waals surface area contributed by atoms with Crippen LogP contribution in [-0.2, 0) is 17.3 Å². The van der Waals surface area contributed by atoms with Crippen molar-refractivity contribution in [3.8, 4) is 17.0 Å². The van der Waals surface area contributed by atoms with Gasteiger partial charge in [-0.25, -0.2) is 13.8 Å². The first-order valence-corrected chi connectivity index (χ1v) is 10.5. The highest BCUT2D eigenvalue weighted by molar-refractivity contribution is 6.07. The van der Waals surface area contributed by atoms with Crippen LogP contribution in [0, 0.1) is 11.6 Å². The molecular weight excluding hydrogens is 471 g/mol. The van der Waals surface area contributed by atoms with Crippen LogP contribution in [0.15, 0.2) is 58.5 Å². The minimum absolute atomic E-state index is 0.0376. The van der Waals surface area contributed by atoms with Crippen LogP contribution in [0.25, 0.3) is 11.3 Å². The first-order valence-electron chi connectivity index (χ1n) is 10.5. The first-order chi connectivity index (χ1) is 16.8. The van der Waals surface area contributed by atoms with Gasteiger partial charge in [-0.3, -0.25) is 4.99 Å². The lowest BCUT2D eigenvalue weighted by Crippen LogP contribution is -2.11. The number of nitrogens with zero attached hydrogens (tertiary/aromatic N) is 4. The van der Waals surface area contributed by atoms with Crippen molar-refractivity contribution in [1.29, 1.82) is 0 Å². The molecule has 0 spiro atoms. The fourth-order valence-corrected chi connectivity index (χ4v) is 3.43. The second-order valence-corrected chi connectivity index (χ2v) is 7.56. The van der Waals surface area contributed by atoms with Crippen molar-refractivity contribution in [3.05, 3.63) is 77.0 Å². The van der Waals surface area contributed by atoms with Crippen LogP contribution in [0.5, 0.6) is 5.75 Å². The lowest BCUT2D eigenvalue weighted by Gasteiger charge is -2.15. The van der Waals surface area contributed by atoms with Gasteiger partial charge >= 0.3 is 6.18 Å². The monoisotopic (exact) mass is 490 g/mol. The summed E-state index contributed by atoms with van der Waals surface area (Å²) < 4.78 is 78.6. The average molecular weight is 490 g/mol. The molecule has 0 amide bonds. The summed E-state index contributed by atoms with van der Waals surface area (Å²) in [5.74, 6) is -1.92. The number of aliphatic imine (C=N–C) groups is 2. The summed E-state index contributed by atoms with van der Waals surface area (Å²) in [6, 6.07) is 9.82. The minimum Gasteiger partial charge on any atom is -0.491 e. The van der Waals surface area contributed by atoms with Gasteiger partial charge in [0.25, 0.3) is 0 Å². The summed E-state index contributed by atoms with van der Waals surface area (Å²) >= 11 is 0. The highest BCUT2D eigenvalue weighted by Crippen LogP contribution is 2.38. The van der Waals surface area contributed by atoms with E-state index in [-0.39, 0.29) is 48.0 Å². The Hall–Kier alpha value is -3.73. The summed E-state index contributed by atoms with van der Waals surface area (Å²) in [5.41, 5.74) is -0.609. The number of halogens is 5. The molecule has 1 atom stereocenters. The molecule has 0 bridgehead atoms. The molecule has 0 aliphatic carbocycles. The van der Waals surface area contributed by atoms with E-state index < -0.39 is 29.4 Å². The number of methoxy groups -OCH3 is 1. The van der Waals surface area contributed by atoms with Gasteiger partial charge in [0, 0.05) is 25.3 Å². The zero-order valence-electron chi connectivity index (χ0n) is 18.4. The van der Waals surface area contributed by atoms with E-state index >= 15 is 0 Å². The standard InChI is InChI=1S/C24H19F5N4O2/c1-34-9-10-35-16-6-7-17(19(12-16)24(27,28)29)21-8-5-14(32-33-21)11-15-13-30-23(31-15)18-3-2-4-20(25)22(18)26/h2-8,12-13,15H,9-11H2,1H3. The van der Waals surface area contributed by atoms with E-state index in [0.717, 1.165) is 12.1 Å². The van der Waals surface area contributed by atoms with Crippen molar-refractivity contribution in [1.82, 2.24) is 10.2 Å². The maximum absolute atomic E-state index is 14.0. The third kappa shape index (κ3) is 5.68. The predicted molar refractivity (Wildman–Crippen MR) is 119 cm³/mol. The predicted octanol–water partition coefficient (Wildman–Crippen LogP) is 4.91. The number of rotatable bonds is 8. The van der Waals surface area contributed by atoms with Crippen molar-refractivity contribution in [2.24, 2.45) is 9.98 Å². The molecule has 0 saturated carbocycles. The highest BCUT2D eigenvalue weighted by atomic mass is 19.4. The number of amidine groups is 1. The summed E-state index contributed by atoms with van der Waals surface area (Å²) in [5, 5.41) is 7.98. The van der Waals surface area contributed by atoms with E-state index in [4.69, 9.17) is 9.47 Å². The molecule has 182 valence electrons. The number of alkyl halides is 3. The maximum Gasteiger partial charge on any atom is 0.417 e. The molecular formula is C24H19F5N4O2. The highest BCUT2D eigenvalue weighted by Gasteiger charge is 2.34. The minimum atomic E-state index is -4.63. The van der Waals surface area contributed by atoms with Crippen molar-refractivity contribution in [2.75, 3.05) is 20.3 Å². The van der Waals surface area contributed by atoms with Gasteiger partial charge in [0.05, 0.1) is 35.2 Å². The second-order valence-electron chi connectivity index (χ2n) is 7.56. The number of hydrogen-bond acceptors (Lipinski definition) is 6. The van der Waals surface area contributed by atoms with E-state index in [1.54, 1.807) is 0 Å². The molecule has 0 radical (unpaired) electrons. The van der Waals surface area contributed by atoms with Crippen LogP contribution in [0.2, 0.25) is 0 Å².